The Labute approximate surface area is 132 Å². The number of likely N-dealkylation sites (tertiary alicyclic amines) is 1. The van der Waals surface area contributed by atoms with Crippen LogP contribution in [0.3, 0.4) is 0 Å². The molecule has 1 fully saturated rings. The number of aromatic nitrogens is 1. The van der Waals surface area contributed by atoms with Gasteiger partial charge < -0.3 is 14.4 Å². The van der Waals surface area contributed by atoms with E-state index in [1.807, 2.05) is 23.2 Å². The first-order valence-electron chi connectivity index (χ1n) is 8.13. The molecule has 1 aliphatic rings. The molecule has 2 heterocycles. The first kappa shape index (κ1) is 15.1. The highest BCUT2D eigenvalue weighted by atomic mass is 16.2. The van der Waals surface area contributed by atoms with Crippen LogP contribution < -0.4 is 0 Å². The predicted molar refractivity (Wildman–Crippen MR) is 89.8 cm³/mol. The summed E-state index contributed by atoms with van der Waals surface area (Å²) in [6, 6.07) is 10.8. The van der Waals surface area contributed by atoms with E-state index in [1.54, 1.807) is 0 Å². The van der Waals surface area contributed by atoms with Gasteiger partial charge in [0.2, 0.25) is 5.91 Å². The zero-order chi connectivity index (χ0) is 15.5. The van der Waals surface area contributed by atoms with Gasteiger partial charge in [-0.15, -0.1) is 0 Å². The van der Waals surface area contributed by atoms with Crippen LogP contribution in [0.15, 0.2) is 36.5 Å². The summed E-state index contributed by atoms with van der Waals surface area (Å²) in [5, 5.41) is 1.19. The number of hydrogen-bond donors (Lipinski definition) is 0. The summed E-state index contributed by atoms with van der Waals surface area (Å²) < 4.78 is 2.06. The average molecular weight is 299 g/mol. The molecule has 0 radical (unpaired) electrons. The van der Waals surface area contributed by atoms with E-state index in [0.29, 0.717) is 12.6 Å². The van der Waals surface area contributed by atoms with Crippen molar-refractivity contribution in [2.45, 2.75) is 31.8 Å². The average Bonchev–Trinajstić information content (AvgIpc) is 2.75. The van der Waals surface area contributed by atoms with E-state index in [1.165, 1.54) is 18.2 Å². The first-order valence-corrected chi connectivity index (χ1v) is 8.13. The van der Waals surface area contributed by atoms with Crippen LogP contribution in [-0.2, 0) is 11.3 Å². The standard InChI is InChI=1S/C18H25N3O/c1-19(2)16-8-5-6-11-21(13-16)18(22)14-20-12-10-15-7-3-4-9-17(15)20/h3-4,7,9-10,12,16H,5-6,8,11,13-14H2,1-2H3. The second-order valence-electron chi connectivity index (χ2n) is 6.46. The fourth-order valence-electron chi connectivity index (χ4n) is 3.29. The molecule has 1 amide bonds. The van der Waals surface area contributed by atoms with E-state index in [2.05, 4.69) is 41.8 Å². The lowest BCUT2D eigenvalue weighted by atomic mass is 10.1. The Balaban J connectivity index is 1.73. The van der Waals surface area contributed by atoms with Crippen molar-refractivity contribution in [3.8, 4) is 0 Å². The SMILES string of the molecule is CN(C)C1CCCCN(C(=O)Cn2ccc3ccccc32)C1. The van der Waals surface area contributed by atoms with Gasteiger partial charge in [-0.3, -0.25) is 4.79 Å². The summed E-state index contributed by atoms with van der Waals surface area (Å²) in [6.45, 7) is 2.18. The molecular formula is C18H25N3O. The molecule has 1 unspecified atom stereocenters. The van der Waals surface area contributed by atoms with E-state index in [0.717, 1.165) is 25.0 Å². The van der Waals surface area contributed by atoms with Gasteiger partial charge in [-0.2, -0.15) is 0 Å². The molecule has 4 nitrogen and oxygen atoms in total. The minimum absolute atomic E-state index is 0.232. The highest BCUT2D eigenvalue weighted by Gasteiger charge is 2.23. The maximum atomic E-state index is 12.7. The van der Waals surface area contributed by atoms with E-state index in [4.69, 9.17) is 0 Å². The van der Waals surface area contributed by atoms with Gasteiger partial charge in [0.1, 0.15) is 6.54 Å². The van der Waals surface area contributed by atoms with Crippen LogP contribution in [0.1, 0.15) is 19.3 Å². The van der Waals surface area contributed by atoms with Crippen molar-refractivity contribution in [1.29, 1.82) is 0 Å². The van der Waals surface area contributed by atoms with Gasteiger partial charge in [-0.05, 0) is 44.5 Å². The molecular weight excluding hydrogens is 274 g/mol. The summed E-state index contributed by atoms with van der Waals surface area (Å²) in [5.74, 6) is 0.232. The molecule has 1 atom stereocenters. The Morgan fingerprint density at radius 2 is 2.05 bits per heavy atom. The lowest BCUT2D eigenvalue weighted by Crippen LogP contribution is -2.43. The highest BCUT2D eigenvalue weighted by Crippen LogP contribution is 2.17. The van der Waals surface area contributed by atoms with E-state index < -0.39 is 0 Å². The maximum Gasteiger partial charge on any atom is 0.242 e. The van der Waals surface area contributed by atoms with Crippen molar-refractivity contribution < 1.29 is 4.79 Å². The van der Waals surface area contributed by atoms with Crippen LogP contribution in [-0.4, -0.2) is 53.5 Å². The number of fused-ring (bicyclic) bond motifs is 1. The van der Waals surface area contributed by atoms with Gasteiger partial charge in [0.25, 0.3) is 0 Å². The fraction of sp³-hybridized carbons (Fsp3) is 0.500. The Bertz CT molecular complexity index is 647. The molecule has 0 bridgehead atoms. The molecule has 1 aliphatic heterocycles. The number of nitrogens with zero attached hydrogens (tertiary/aromatic N) is 3. The number of carbonyl (C=O) groups is 1. The molecule has 2 aromatic rings. The van der Waals surface area contributed by atoms with Crippen LogP contribution >= 0.6 is 0 Å². The molecule has 1 saturated heterocycles. The summed E-state index contributed by atoms with van der Waals surface area (Å²) in [7, 11) is 4.22. The second-order valence-corrected chi connectivity index (χ2v) is 6.46. The van der Waals surface area contributed by atoms with Crippen molar-refractivity contribution in [2.24, 2.45) is 0 Å². The molecule has 118 valence electrons. The molecule has 1 aromatic heterocycles. The lowest BCUT2D eigenvalue weighted by Gasteiger charge is -2.28. The third-order valence-corrected chi connectivity index (χ3v) is 4.72. The van der Waals surface area contributed by atoms with Crippen molar-refractivity contribution in [3.63, 3.8) is 0 Å². The largest absolute Gasteiger partial charge is 0.340 e. The summed E-state index contributed by atoms with van der Waals surface area (Å²) >= 11 is 0. The molecule has 0 aliphatic carbocycles. The second kappa shape index (κ2) is 6.53. The van der Waals surface area contributed by atoms with E-state index in [9.17, 15) is 4.79 Å². The Morgan fingerprint density at radius 3 is 2.86 bits per heavy atom. The molecule has 1 aromatic carbocycles. The number of benzene rings is 1. The number of amides is 1. The number of likely N-dealkylation sites (N-methyl/N-ethyl adjacent to an activating group) is 1. The molecule has 0 N–H and O–H groups in total. The summed E-state index contributed by atoms with van der Waals surface area (Å²) in [6.07, 6.45) is 5.52. The number of rotatable bonds is 3. The zero-order valence-corrected chi connectivity index (χ0v) is 13.5. The Morgan fingerprint density at radius 1 is 1.23 bits per heavy atom. The normalized spacial score (nSPS) is 19.6. The van der Waals surface area contributed by atoms with Gasteiger partial charge in [-0.1, -0.05) is 24.6 Å². The fourth-order valence-corrected chi connectivity index (χ4v) is 3.29. The van der Waals surface area contributed by atoms with Crippen molar-refractivity contribution in [2.75, 3.05) is 27.2 Å². The first-order chi connectivity index (χ1) is 10.6. The molecule has 0 spiro atoms. The predicted octanol–water partition coefficient (Wildman–Crippen LogP) is 2.58. The monoisotopic (exact) mass is 299 g/mol. The maximum absolute atomic E-state index is 12.7. The minimum atomic E-state index is 0.232. The Kier molecular flexibility index (Phi) is 4.48. The quantitative estimate of drug-likeness (QED) is 0.871. The smallest absolute Gasteiger partial charge is 0.242 e. The molecule has 0 saturated carbocycles. The highest BCUT2D eigenvalue weighted by molar-refractivity contribution is 5.83. The van der Waals surface area contributed by atoms with Crippen LogP contribution in [0, 0.1) is 0 Å². The summed E-state index contributed by atoms with van der Waals surface area (Å²) in [5.41, 5.74) is 1.13. The van der Waals surface area contributed by atoms with Crippen LogP contribution in [0.4, 0.5) is 0 Å². The van der Waals surface area contributed by atoms with Gasteiger partial charge in [0.15, 0.2) is 0 Å². The van der Waals surface area contributed by atoms with Crippen molar-refractivity contribution >= 4 is 16.8 Å². The number of para-hydroxylation sites is 1. The number of carbonyl (C=O) groups excluding carboxylic acids is 1. The molecule has 22 heavy (non-hydrogen) atoms. The van der Waals surface area contributed by atoms with Gasteiger partial charge >= 0.3 is 0 Å². The minimum Gasteiger partial charge on any atom is -0.340 e. The van der Waals surface area contributed by atoms with Crippen LogP contribution in [0.25, 0.3) is 10.9 Å². The van der Waals surface area contributed by atoms with Gasteiger partial charge in [-0.25, -0.2) is 0 Å². The Hall–Kier alpha value is -1.81. The van der Waals surface area contributed by atoms with Crippen molar-refractivity contribution in [3.05, 3.63) is 36.5 Å². The van der Waals surface area contributed by atoms with E-state index in [-0.39, 0.29) is 5.91 Å². The lowest BCUT2D eigenvalue weighted by molar-refractivity contribution is -0.132. The zero-order valence-electron chi connectivity index (χ0n) is 13.5. The third-order valence-electron chi connectivity index (χ3n) is 4.72. The van der Waals surface area contributed by atoms with Crippen molar-refractivity contribution in [1.82, 2.24) is 14.4 Å². The molecule has 4 heteroatoms. The molecule has 3 rings (SSSR count). The topological polar surface area (TPSA) is 28.5 Å². The van der Waals surface area contributed by atoms with Crippen LogP contribution in [0.5, 0.6) is 0 Å². The van der Waals surface area contributed by atoms with Gasteiger partial charge in [0.05, 0.1) is 0 Å². The number of hydrogen-bond acceptors (Lipinski definition) is 2. The van der Waals surface area contributed by atoms with E-state index >= 15 is 0 Å². The summed E-state index contributed by atoms with van der Waals surface area (Å²) in [4.78, 5) is 17.0. The third kappa shape index (κ3) is 3.17. The van der Waals surface area contributed by atoms with Crippen LogP contribution in [0.2, 0.25) is 0 Å². The van der Waals surface area contributed by atoms with Gasteiger partial charge in [0, 0.05) is 30.8 Å².